The molecular weight excluding hydrogens is 503 g/mol. The number of nitrogens with one attached hydrogen (secondary N) is 1. The minimum atomic E-state index is -0.364. The molecule has 4 rings (SSSR count). The first kappa shape index (κ1) is 25.6. The molecule has 2 aromatic heterocycles. The smallest absolute Gasteiger partial charge is 0.326 e. The van der Waals surface area contributed by atoms with Gasteiger partial charge in [0.05, 0.1) is 27.6 Å². The number of rotatable bonds is 5. The van der Waals surface area contributed by atoms with E-state index in [0.717, 1.165) is 16.9 Å². The lowest BCUT2D eigenvalue weighted by Crippen LogP contribution is -3.00. The van der Waals surface area contributed by atoms with Gasteiger partial charge in [-0.3, -0.25) is 9.69 Å². The number of pyridine rings is 2. The number of hydrogen-bond acceptors (Lipinski definition) is 5. The Bertz CT molecular complexity index is 1220. The van der Waals surface area contributed by atoms with Gasteiger partial charge in [-0.15, -0.1) is 0 Å². The quantitative estimate of drug-likeness (QED) is 0.408. The van der Waals surface area contributed by atoms with E-state index in [2.05, 4.69) is 10.3 Å². The Hall–Kier alpha value is -3.07. The second-order valence-corrected chi connectivity index (χ2v) is 8.22. The van der Waals surface area contributed by atoms with Crippen LogP contribution in [0.1, 0.15) is 18.2 Å². The highest BCUT2D eigenvalue weighted by Gasteiger charge is 2.26. The van der Waals surface area contributed by atoms with Crippen LogP contribution in [0.4, 0.5) is 16.2 Å². The van der Waals surface area contributed by atoms with Crippen LogP contribution in [0.5, 0.6) is 11.6 Å². The number of carbonyl (C=O) groups is 2. The summed E-state index contributed by atoms with van der Waals surface area (Å²) in [5.74, 6) is 0.560. The van der Waals surface area contributed by atoms with Gasteiger partial charge >= 0.3 is 12.0 Å². The summed E-state index contributed by atoms with van der Waals surface area (Å²) in [5.41, 5.74) is 3.02. The van der Waals surface area contributed by atoms with Crippen molar-refractivity contribution in [2.75, 3.05) is 16.8 Å². The predicted octanol–water partition coefficient (Wildman–Crippen LogP) is 1.90. The number of carbonyl (C=O) groups excluding carboxylic acids is 2. The van der Waals surface area contributed by atoms with Crippen molar-refractivity contribution < 1.29 is 36.0 Å². The molecular formula is C23H21Cl3N4O4. The summed E-state index contributed by atoms with van der Waals surface area (Å²) < 4.78 is 12.7. The molecule has 0 fully saturated rings. The summed E-state index contributed by atoms with van der Waals surface area (Å²) in [6, 6.07) is 10.2. The van der Waals surface area contributed by atoms with Crippen LogP contribution in [0.3, 0.4) is 0 Å². The molecule has 178 valence electrons. The summed E-state index contributed by atoms with van der Waals surface area (Å²) in [7, 11) is 0. The van der Waals surface area contributed by atoms with Crippen LogP contribution in [0.2, 0.25) is 10.0 Å². The first-order valence-electron chi connectivity index (χ1n) is 10.1. The number of halogens is 3. The van der Waals surface area contributed by atoms with E-state index in [1.54, 1.807) is 52.1 Å². The summed E-state index contributed by atoms with van der Waals surface area (Å²) in [5, 5.41) is 3.72. The van der Waals surface area contributed by atoms with Crippen molar-refractivity contribution >= 4 is 46.6 Å². The Kier molecular flexibility index (Phi) is 8.19. The van der Waals surface area contributed by atoms with Crippen molar-refractivity contribution in [3.8, 4) is 11.6 Å². The normalized spacial score (nSPS) is 11.9. The molecule has 0 unspecified atom stereocenters. The molecule has 2 amide bonds. The van der Waals surface area contributed by atoms with Gasteiger partial charge in [-0.2, -0.15) is 4.57 Å². The Morgan fingerprint density at radius 1 is 1.21 bits per heavy atom. The molecule has 1 aliphatic rings. The van der Waals surface area contributed by atoms with Gasteiger partial charge < -0.3 is 27.2 Å². The highest BCUT2D eigenvalue weighted by molar-refractivity contribution is 6.42. The fourth-order valence-electron chi connectivity index (χ4n) is 3.43. The number of benzene rings is 1. The first-order chi connectivity index (χ1) is 15.8. The first-order valence-corrected chi connectivity index (χ1v) is 10.9. The predicted molar refractivity (Wildman–Crippen MR) is 124 cm³/mol. The van der Waals surface area contributed by atoms with Gasteiger partial charge in [0, 0.05) is 32.5 Å². The summed E-state index contributed by atoms with van der Waals surface area (Å²) >= 11 is 12.2. The molecule has 1 aromatic carbocycles. The third-order valence-electron chi connectivity index (χ3n) is 5.17. The van der Waals surface area contributed by atoms with Crippen molar-refractivity contribution in [1.29, 1.82) is 0 Å². The fraction of sp³-hybridized carbons (Fsp3) is 0.217. The topological polar surface area (TPSA) is 84.6 Å². The van der Waals surface area contributed by atoms with Gasteiger partial charge in [0.2, 0.25) is 11.6 Å². The van der Waals surface area contributed by atoms with E-state index < -0.39 is 0 Å². The van der Waals surface area contributed by atoms with Crippen LogP contribution in [0.15, 0.2) is 48.8 Å². The summed E-state index contributed by atoms with van der Waals surface area (Å²) in [6.07, 6.45) is 4.01. The number of amides is 2. The lowest BCUT2D eigenvalue weighted by molar-refractivity contribution is -0.733. The molecule has 0 saturated heterocycles. The molecule has 0 radical (unpaired) electrons. The number of ether oxygens (including phenoxy) is 2. The average molecular weight is 524 g/mol. The zero-order valence-corrected chi connectivity index (χ0v) is 20.6. The second kappa shape index (κ2) is 10.9. The Labute approximate surface area is 212 Å². The molecule has 1 N–H and O–H groups in total. The monoisotopic (exact) mass is 522 g/mol. The molecule has 0 spiro atoms. The van der Waals surface area contributed by atoms with E-state index in [0.29, 0.717) is 40.3 Å². The van der Waals surface area contributed by atoms with Gasteiger partial charge in [0.25, 0.3) is 6.73 Å². The molecule has 8 nitrogen and oxygen atoms in total. The maximum atomic E-state index is 12.8. The molecule has 1 aliphatic heterocycles. The van der Waals surface area contributed by atoms with Crippen LogP contribution < -0.4 is 31.9 Å². The maximum absolute atomic E-state index is 12.8. The second-order valence-electron chi connectivity index (χ2n) is 7.41. The third-order valence-corrected chi connectivity index (χ3v) is 5.89. The molecule has 11 heteroatoms. The Morgan fingerprint density at radius 3 is 2.68 bits per heavy atom. The van der Waals surface area contributed by atoms with Crippen LogP contribution >= 0.6 is 23.2 Å². The fourth-order valence-corrected chi connectivity index (χ4v) is 3.77. The zero-order valence-electron chi connectivity index (χ0n) is 18.3. The number of urea groups is 1. The minimum Gasteiger partial charge on any atom is -1.00 e. The van der Waals surface area contributed by atoms with E-state index in [4.69, 9.17) is 32.7 Å². The van der Waals surface area contributed by atoms with Crippen LogP contribution in [-0.4, -0.2) is 23.5 Å². The van der Waals surface area contributed by atoms with Crippen molar-refractivity contribution in [1.82, 2.24) is 4.98 Å². The third kappa shape index (κ3) is 5.70. The largest absolute Gasteiger partial charge is 1.00 e. The maximum Gasteiger partial charge on any atom is 0.326 e. The summed E-state index contributed by atoms with van der Waals surface area (Å²) in [4.78, 5) is 29.7. The molecule has 3 heterocycles. The van der Waals surface area contributed by atoms with E-state index in [1.165, 1.54) is 13.1 Å². The molecule has 0 aliphatic carbocycles. The summed E-state index contributed by atoms with van der Waals surface area (Å²) in [6.45, 7) is 3.83. The number of aromatic nitrogens is 2. The van der Waals surface area contributed by atoms with E-state index in [9.17, 15) is 9.59 Å². The van der Waals surface area contributed by atoms with Gasteiger partial charge in [0.1, 0.15) is 0 Å². The molecule has 34 heavy (non-hydrogen) atoms. The van der Waals surface area contributed by atoms with Crippen LogP contribution in [-0.2, 0) is 22.7 Å². The zero-order chi connectivity index (χ0) is 23.5. The molecule has 0 saturated carbocycles. The lowest BCUT2D eigenvalue weighted by atomic mass is 10.2. The number of nitrogens with zero attached hydrogens (tertiary/aromatic N) is 3. The molecule has 0 atom stereocenters. The molecule has 3 aromatic rings. The van der Waals surface area contributed by atoms with Gasteiger partial charge in [-0.25, -0.2) is 9.78 Å². The SMILES string of the molecule is CC(=O)OC[n+]1cccc(Oc2ccc(NC(=O)N3CCc4cc(Cl)c(Cl)cc43)cn2)c1C.[Cl-]. The number of esters is 1. The van der Waals surface area contributed by atoms with Gasteiger partial charge in [0.15, 0.2) is 11.9 Å². The minimum absolute atomic E-state index is 0. The van der Waals surface area contributed by atoms with Gasteiger partial charge in [-0.1, -0.05) is 23.2 Å². The van der Waals surface area contributed by atoms with Crippen molar-refractivity contribution in [2.45, 2.75) is 27.0 Å². The van der Waals surface area contributed by atoms with Crippen molar-refractivity contribution in [2.24, 2.45) is 0 Å². The molecule has 0 bridgehead atoms. The number of hydrogen-bond donors (Lipinski definition) is 1. The van der Waals surface area contributed by atoms with E-state index in [1.807, 2.05) is 6.92 Å². The van der Waals surface area contributed by atoms with Crippen LogP contribution in [0, 0.1) is 6.92 Å². The highest BCUT2D eigenvalue weighted by atomic mass is 35.5. The van der Waals surface area contributed by atoms with Gasteiger partial charge in [-0.05, 0) is 36.2 Å². The van der Waals surface area contributed by atoms with Crippen LogP contribution in [0.25, 0.3) is 0 Å². The Balaban J connectivity index is 0.00000324. The average Bonchev–Trinajstić information content (AvgIpc) is 3.18. The van der Waals surface area contributed by atoms with Crippen molar-refractivity contribution in [3.05, 3.63) is 70.1 Å². The van der Waals surface area contributed by atoms with E-state index >= 15 is 0 Å². The van der Waals surface area contributed by atoms with E-state index in [-0.39, 0.29) is 31.1 Å². The lowest BCUT2D eigenvalue weighted by Gasteiger charge is -2.18. The standard InChI is InChI=1S/C23H20Cl2N4O4.ClH/c1-14-21(4-3-8-28(14)13-32-15(2)30)33-22-6-5-17(12-26-22)27-23(31)29-9-7-16-10-18(24)19(25)11-20(16)29;/h3-6,8,10-12H,7,9,13H2,1-2H3;1H. The number of fused-ring (bicyclic) bond motifs is 1. The number of anilines is 2. The van der Waals surface area contributed by atoms with Crippen molar-refractivity contribution in [3.63, 3.8) is 0 Å². The highest BCUT2D eigenvalue weighted by Crippen LogP contribution is 2.35. The Morgan fingerprint density at radius 2 is 1.97 bits per heavy atom.